The maximum absolute atomic E-state index is 15.0. The summed E-state index contributed by atoms with van der Waals surface area (Å²) in [6.07, 6.45) is 1.12. The van der Waals surface area contributed by atoms with Gasteiger partial charge in [-0.1, -0.05) is 0 Å². The molecule has 0 atom stereocenters. The van der Waals surface area contributed by atoms with Crippen LogP contribution in [-0.4, -0.2) is 93.9 Å². The molecule has 3 aromatic heterocycles. The molecule has 2 amide bonds. The van der Waals surface area contributed by atoms with Gasteiger partial charge in [0.2, 0.25) is 5.88 Å². The van der Waals surface area contributed by atoms with Gasteiger partial charge in [-0.2, -0.15) is 5.10 Å². The number of rotatable bonds is 10. The first kappa shape index (κ1) is 30.7. The van der Waals surface area contributed by atoms with E-state index in [2.05, 4.69) is 30.9 Å². The molecular formula is C26H27BFN9O6. The number of aryl methyl sites for hydroxylation is 1. The molecule has 0 aliphatic carbocycles. The number of pyridine rings is 1. The van der Waals surface area contributed by atoms with Gasteiger partial charge in [0.15, 0.2) is 25.2 Å². The lowest BCUT2D eigenvalue weighted by atomic mass is 10.0. The number of carbonyl (C=O) groups excluding carboxylic acids is 2. The maximum Gasteiger partial charge on any atom is 0.271 e. The van der Waals surface area contributed by atoms with Gasteiger partial charge in [-0.3, -0.25) is 14.3 Å². The Morgan fingerprint density at radius 1 is 1.02 bits per heavy atom. The molecule has 0 saturated heterocycles. The zero-order chi connectivity index (χ0) is 31.5. The number of aromatic nitrogens is 5. The monoisotopic (exact) mass is 591 g/mol. The van der Waals surface area contributed by atoms with Gasteiger partial charge in [0.05, 0.1) is 36.9 Å². The number of amides is 2. The van der Waals surface area contributed by atoms with Crippen molar-refractivity contribution in [2.45, 2.75) is 5.81 Å². The first-order chi connectivity index (χ1) is 20.3. The fraction of sp³-hybridized carbons (Fsp3) is 0.231. The highest BCUT2D eigenvalue weighted by Gasteiger charge is 2.24. The first-order valence-electron chi connectivity index (χ1n) is 12.4. The Bertz CT molecular complexity index is 1660. The van der Waals surface area contributed by atoms with Crippen LogP contribution in [0.25, 0.3) is 11.3 Å². The molecule has 0 fully saturated rings. The third kappa shape index (κ3) is 7.14. The van der Waals surface area contributed by atoms with Gasteiger partial charge in [-0.05, 0) is 18.2 Å². The third-order valence-electron chi connectivity index (χ3n) is 5.86. The van der Waals surface area contributed by atoms with Crippen molar-refractivity contribution in [3.05, 3.63) is 59.7 Å². The predicted octanol–water partition coefficient (Wildman–Crippen LogP) is 1.11. The first-order valence-corrected chi connectivity index (χ1v) is 12.4. The van der Waals surface area contributed by atoms with E-state index in [1.165, 1.54) is 42.0 Å². The summed E-state index contributed by atoms with van der Waals surface area (Å²) >= 11 is 0. The van der Waals surface area contributed by atoms with Gasteiger partial charge in [0.25, 0.3) is 11.8 Å². The molecule has 15 nitrogen and oxygen atoms in total. The Balaban J connectivity index is 1.79. The predicted molar refractivity (Wildman–Crippen MR) is 153 cm³/mol. The number of hydrogen-bond donors (Lipinski definition) is 5. The SMILES string of the molecule is [B]C(O)(O)NC(=O)c1cnc(Nc2ccc(OC)nn2)cc1Nc1cc(F)cc(-c2cc(C(=O)N(C)C)n(C)n2)c1OC. The van der Waals surface area contributed by atoms with Crippen molar-refractivity contribution in [2.75, 3.05) is 38.9 Å². The van der Waals surface area contributed by atoms with E-state index in [4.69, 9.17) is 17.3 Å². The Kier molecular flexibility index (Phi) is 8.77. The summed E-state index contributed by atoms with van der Waals surface area (Å²) < 4.78 is 27.0. The van der Waals surface area contributed by atoms with Gasteiger partial charge in [-0.25, -0.2) is 9.37 Å². The largest absolute Gasteiger partial charge is 0.494 e. The normalized spacial score (nSPS) is 11.1. The zero-order valence-electron chi connectivity index (χ0n) is 23.7. The summed E-state index contributed by atoms with van der Waals surface area (Å²) in [4.78, 5) is 31.0. The minimum Gasteiger partial charge on any atom is -0.494 e. The van der Waals surface area contributed by atoms with E-state index in [0.29, 0.717) is 0 Å². The Hall–Kier alpha value is -5.29. The topological polar surface area (TPSA) is 189 Å². The van der Waals surface area contributed by atoms with E-state index in [0.717, 1.165) is 12.3 Å². The number of anilines is 4. The van der Waals surface area contributed by atoms with Crippen molar-refractivity contribution in [1.82, 2.24) is 35.2 Å². The second-order valence-corrected chi connectivity index (χ2v) is 9.28. The van der Waals surface area contributed by atoms with Crippen LogP contribution < -0.4 is 25.4 Å². The van der Waals surface area contributed by atoms with Crippen LogP contribution in [-0.2, 0) is 7.05 Å². The van der Waals surface area contributed by atoms with Crippen molar-refractivity contribution < 1.29 is 33.7 Å². The second kappa shape index (κ2) is 12.3. The minimum atomic E-state index is -3.03. The van der Waals surface area contributed by atoms with Crippen molar-refractivity contribution >= 4 is 42.7 Å². The molecule has 0 aliphatic heterocycles. The molecule has 4 aromatic rings. The molecule has 2 radical (unpaired) electrons. The van der Waals surface area contributed by atoms with Crippen LogP contribution in [0.4, 0.5) is 27.4 Å². The fourth-order valence-electron chi connectivity index (χ4n) is 3.94. The molecule has 0 unspecified atom stereocenters. The molecule has 0 aliphatic rings. The Morgan fingerprint density at radius 2 is 1.77 bits per heavy atom. The highest BCUT2D eigenvalue weighted by molar-refractivity contribution is 6.15. The fourth-order valence-corrected chi connectivity index (χ4v) is 3.94. The number of ether oxygens (including phenoxy) is 2. The highest BCUT2D eigenvalue weighted by atomic mass is 19.1. The van der Waals surface area contributed by atoms with E-state index < -0.39 is 17.5 Å². The summed E-state index contributed by atoms with van der Waals surface area (Å²) in [7, 11) is 12.7. The van der Waals surface area contributed by atoms with E-state index >= 15 is 4.39 Å². The molecule has 1 aromatic carbocycles. The van der Waals surface area contributed by atoms with Crippen LogP contribution in [0.15, 0.2) is 42.6 Å². The van der Waals surface area contributed by atoms with E-state index in [1.807, 2.05) is 5.32 Å². The number of nitrogens with one attached hydrogen (secondary N) is 3. The number of aliphatic hydroxyl groups is 2. The van der Waals surface area contributed by atoms with Crippen molar-refractivity contribution in [2.24, 2.45) is 7.05 Å². The van der Waals surface area contributed by atoms with Gasteiger partial charge < -0.3 is 40.5 Å². The van der Waals surface area contributed by atoms with E-state index in [1.54, 1.807) is 33.3 Å². The summed E-state index contributed by atoms with van der Waals surface area (Å²) in [5, 5.41) is 38.9. The number of benzene rings is 1. The number of halogens is 1. The maximum atomic E-state index is 15.0. The highest BCUT2D eigenvalue weighted by Crippen LogP contribution is 2.39. The molecule has 17 heteroatoms. The summed E-state index contributed by atoms with van der Waals surface area (Å²) in [6, 6.07) is 8.32. The number of carbonyl (C=O) groups is 2. The van der Waals surface area contributed by atoms with Crippen LogP contribution in [0.1, 0.15) is 20.8 Å². The average Bonchev–Trinajstić information content (AvgIpc) is 3.33. The third-order valence-corrected chi connectivity index (χ3v) is 5.86. The smallest absolute Gasteiger partial charge is 0.271 e. The number of nitrogens with zero attached hydrogens (tertiary/aromatic N) is 6. The van der Waals surface area contributed by atoms with Crippen LogP contribution in [0.3, 0.4) is 0 Å². The van der Waals surface area contributed by atoms with Crippen LogP contribution in [0.2, 0.25) is 0 Å². The molecule has 222 valence electrons. The summed E-state index contributed by atoms with van der Waals surface area (Å²) in [6.45, 7) is 0. The van der Waals surface area contributed by atoms with Crippen LogP contribution in [0, 0.1) is 5.82 Å². The van der Waals surface area contributed by atoms with Gasteiger partial charge in [0.1, 0.15) is 17.3 Å². The summed E-state index contributed by atoms with van der Waals surface area (Å²) in [5.74, 6) is -4.19. The number of methoxy groups -OCH3 is 2. The molecule has 4 rings (SSSR count). The standard InChI is InChI=1S/C26H27BFN9O6/c1-36(2)25(39)19-10-17(35-37(19)3)14-8-13(28)9-18(23(14)43-5)30-16-11-21(31-20-6-7-22(42-4)34-33-20)29-12-15(16)24(38)32-26(27,40)41/h6-12,40-41H,1-5H3,(H,32,38)(H2,29,30,31,33). The van der Waals surface area contributed by atoms with E-state index in [9.17, 15) is 19.8 Å². The quantitative estimate of drug-likeness (QED) is 0.131. The molecule has 43 heavy (non-hydrogen) atoms. The number of hydrogen-bond acceptors (Lipinski definition) is 12. The van der Waals surface area contributed by atoms with Crippen LogP contribution >= 0.6 is 0 Å². The van der Waals surface area contributed by atoms with Crippen molar-refractivity contribution in [3.8, 4) is 22.9 Å². The van der Waals surface area contributed by atoms with Gasteiger partial charge >= 0.3 is 0 Å². The van der Waals surface area contributed by atoms with Gasteiger partial charge in [0, 0.05) is 51.1 Å². The lowest BCUT2D eigenvalue weighted by Crippen LogP contribution is -2.49. The summed E-state index contributed by atoms with van der Waals surface area (Å²) in [5.41, 5.74) is 0.593. The molecule has 5 N–H and O–H groups in total. The molecule has 3 heterocycles. The van der Waals surface area contributed by atoms with Gasteiger partial charge in [-0.15, -0.1) is 10.2 Å². The molecule has 0 bridgehead atoms. The Morgan fingerprint density at radius 3 is 2.37 bits per heavy atom. The lowest BCUT2D eigenvalue weighted by molar-refractivity contribution is -0.102. The van der Waals surface area contributed by atoms with E-state index in [-0.39, 0.29) is 63.1 Å². The zero-order valence-corrected chi connectivity index (χ0v) is 23.7. The minimum absolute atomic E-state index is 0.0278. The second-order valence-electron chi connectivity index (χ2n) is 9.28. The molecule has 0 saturated carbocycles. The van der Waals surface area contributed by atoms with Crippen molar-refractivity contribution in [3.63, 3.8) is 0 Å². The van der Waals surface area contributed by atoms with Crippen molar-refractivity contribution in [1.29, 1.82) is 0 Å². The lowest BCUT2D eigenvalue weighted by Gasteiger charge is -2.21. The van der Waals surface area contributed by atoms with Crippen LogP contribution in [0.5, 0.6) is 11.6 Å². The average molecular weight is 591 g/mol. The molecule has 0 spiro atoms. The molecular weight excluding hydrogens is 564 g/mol. The Labute approximate surface area is 246 Å².